The zero-order valence-electron chi connectivity index (χ0n) is 25.2. The zero-order valence-corrected chi connectivity index (χ0v) is 26.1. The average molecular weight is 603 g/mol. The molecule has 0 aliphatic heterocycles. The standard InChI is InChI=1S/C42H27BN2S/c43-36-25-29(24-35-34-14-6-9-17-41(34)46-42(35)36)45-38-16-8-5-13-31(38)33-21-19-27(23-40(33)45)26-18-20-32-30-12-4-7-15-37(30)44(39(32)22-26)28-10-2-1-3-11-28/h1-25H,43H2. The van der Waals surface area contributed by atoms with E-state index in [2.05, 4.69) is 169 Å². The highest BCUT2D eigenvalue weighted by molar-refractivity contribution is 7.26. The number of nitrogens with zero attached hydrogens (tertiary/aromatic N) is 2. The van der Waals surface area contributed by atoms with Gasteiger partial charge in [-0.15, -0.1) is 11.3 Å². The largest absolute Gasteiger partial charge is 0.309 e. The Morgan fingerprint density at radius 3 is 1.57 bits per heavy atom. The second-order valence-electron chi connectivity index (χ2n) is 12.2. The number of aromatic nitrogens is 2. The Morgan fingerprint density at radius 2 is 0.913 bits per heavy atom. The Labute approximate surface area is 270 Å². The van der Waals surface area contributed by atoms with Crippen LogP contribution in [-0.4, -0.2) is 17.0 Å². The summed E-state index contributed by atoms with van der Waals surface area (Å²) in [5.41, 5.74) is 11.0. The van der Waals surface area contributed by atoms with Crippen LogP contribution < -0.4 is 5.46 Å². The molecule has 4 heteroatoms. The summed E-state index contributed by atoms with van der Waals surface area (Å²) in [7, 11) is 2.25. The molecule has 214 valence electrons. The van der Waals surface area contributed by atoms with Gasteiger partial charge in [0.15, 0.2) is 0 Å². The molecule has 3 aromatic heterocycles. The Hall–Kier alpha value is -5.58. The van der Waals surface area contributed by atoms with Gasteiger partial charge in [0, 0.05) is 53.1 Å². The van der Waals surface area contributed by atoms with Gasteiger partial charge in [0.05, 0.1) is 22.1 Å². The van der Waals surface area contributed by atoms with E-state index in [1.54, 1.807) is 0 Å². The van der Waals surface area contributed by atoms with Gasteiger partial charge < -0.3 is 9.13 Å². The SMILES string of the molecule is Bc1cc(-n2c3ccccc3c3ccc(-c4ccc5c6ccccc6n(-c6ccccc6)c5c4)cc32)cc2c1sc1ccccc12. The summed E-state index contributed by atoms with van der Waals surface area (Å²) in [6.07, 6.45) is 0. The maximum atomic E-state index is 2.46. The molecular formula is C42H27BN2S. The van der Waals surface area contributed by atoms with E-state index in [4.69, 9.17) is 0 Å². The van der Waals surface area contributed by atoms with Crippen molar-refractivity contribution in [3.8, 4) is 22.5 Å². The smallest absolute Gasteiger partial charge is 0.141 e. The van der Waals surface area contributed by atoms with Crippen LogP contribution in [0.2, 0.25) is 0 Å². The first kappa shape index (κ1) is 25.7. The van der Waals surface area contributed by atoms with Crippen LogP contribution in [-0.2, 0) is 0 Å². The van der Waals surface area contributed by atoms with Crippen LogP contribution in [0.4, 0.5) is 0 Å². The fourth-order valence-electron chi connectivity index (χ4n) is 7.54. The summed E-state index contributed by atoms with van der Waals surface area (Å²) >= 11 is 1.89. The molecule has 0 unspecified atom stereocenters. The van der Waals surface area contributed by atoms with Gasteiger partial charge in [0.1, 0.15) is 7.85 Å². The van der Waals surface area contributed by atoms with Crippen molar-refractivity contribution in [1.29, 1.82) is 0 Å². The lowest BCUT2D eigenvalue weighted by Gasteiger charge is -2.12. The van der Waals surface area contributed by atoms with E-state index in [0.717, 1.165) is 0 Å². The van der Waals surface area contributed by atoms with Gasteiger partial charge in [0.2, 0.25) is 0 Å². The van der Waals surface area contributed by atoms with Crippen LogP contribution in [0, 0.1) is 0 Å². The Morgan fingerprint density at radius 1 is 0.391 bits per heavy atom. The van der Waals surface area contributed by atoms with Gasteiger partial charge in [-0.1, -0.05) is 103 Å². The van der Waals surface area contributed by atoms with Crippen molar-refractivity contribution in [2.24, 2.45) is 0 Å². The highest BCUT2D eigenvalue weighted by atomic mass is 32.1. The van der Waals surface area contributed by atoms with Crippen LogP contribution in [0.15, 0.2) is 152 Å². The van der Waals surface area contributed by atoms with Crippen LogP contribution >= 0.6 is 11.3 Å². The fourth-order valence-corrected chi connectivity index (χ4v) is 8.69. The van der Waals surface area contributed by atoms with E-state index in [1.807, 2.05) is 11.3 Å². The third kappa shape index (κ3) is 3.65. The van der Waals surface area contributed by atoms with Gasteiger partial charge in [0.25, 0.3) is 0 Å². The third-order valence-corrected chi connectivity index (χ3v) is 10.9. The lowest BCUT2D eigenvalue weighted by atomic mass is 9.93. The van der Waals surface area contributed by atoms with E-state index in [1.165, 1.54) is 91.7 Å². The summed E-state index contributed by atoms with van der Waals surface area (Å²) < 4.78 is 7.57. The molecule has 0 spiro atoms. The molecule has 0 N–H and O–H groups in total. The molecule has 0 fully saturated rings. The topological polar surface area (TPSA) is 9.86 Å². The number of thiophene rings is 1. The van der Waals surface area contributed by atoms with E-state index in [9.17, 15) is 0 Å². The molecule has 0 saturated carbocycles. The zero-order chi connectivity index (χ0) is 30.4. The minimum Gasteiger partial charge on any atom is -0.309 e. The van der Waals surface area contributed by atoms with Crippen LogP contribution in [0.5, 0.6) is 0 Å². The van der Waals surface area contributed by atoms with Crippen LogP contribution in [0.3, 0.4) is 0 Å². The molecule has 3 heterocycles. The van der Waals surface area contributed by atoms with Crippen molar-refractivity contribution < 1.29 is 0 Å². The predicted molar refractivity (Wildman–Crippen MR) is 202 cm³/mol. The quantitative estimate of drug-likeness (QED) is 0.178. The molecule has 0 atom stereocenters. The maximum absolute atomic E-state index is 2.46. The molecule has 2 nitrogen and oxygen atoms in total. The average Bonchev–Trinajstić information content (AvgIpc) is 3.76. The molecule has 0 bridgehead atoms. The van der Waals surface area contributed by atoms with Crippen LogP contribution in [0.25, 0.3) is 86.3 Å². The molecule has 7 aromatic carbocycles. The van der Waals surface area contributed by atoms with Crippen molar-refractivity contribution in [2.75, 3.05) is 0 Å². The molecule has 46 heavy (non-hydrogen) atoms. The normalized spacial score (nSPS) is 12.0. The lowest BCUT2D eigenvalue weighted by molar-refractivity contribution is 1.18. The van der Waals surface area contributed by atoms with Crippen molar-refractivity contribution >= 4 is 88.4 Å². The van der Waals surface area contributed by atoms with Gasteiger partial charge in [-0.3, -0.25) is 0 Å². The summed E-state index contributed by atoms with van der Waals surface area (Å²) in [5, 5.41) is 7.75. The minimum absolute atomic E-state index is 1.17. The number of hydrogen-bond donors (Lipinski definition) is 0. The second kappa shape index (κ2) is 9.71. The van der Waals surface area contributed by atoms with Crippen molar-refractivity contribution in [2.45, 2.75) is 0 Å². The number of hydrogen-bond acceptors (Lipinski definition) is 1. The van der Waals surface area contributed by atoms with Gasteiger partial charge >= 0.3 is 0 Å². The number of rotatable bonds is 3. The molecule has 0 aliphatic rings. The monoisotopic (exact) mass is 602 g/mol. The van der Waals surface area contributed by atoms with Crippen molar-refractivity contribution in [3.05, 3.63) is 152 Å². The first-order valence-corrected chi connectivity index (χ1v) is 16.6. The molecule has 0 saturated heterocycles. The number of benzene rings is 7. The van der Waals surface area contributed by atoms with Crippen molar-refractivity contribution in [1.82, 2.24) is 9.13 Å². The summed E-state index contributed by atoms with van der Waals surface area (Å²) in [6, 6.07) is 55.7. The highest BCUT2D eigenvalue weighted by Gasteiger charge is 2.17. The Bertz CT molecular complexity index is 2820. The first-order chi connectivity index (χ1) is 22.7. The minimum atomic E-state index is 1.17. The summed E-state index contributed by atoms with van der Waals surface area (Å²) in [5.74, 6) is 0. The van der Waals surface area contributed by atoms with E-state index in [-0.39, 0.29) is 0 Å². The van der Waals surface area contributed by atoms with E-state index < -0.39 is 0 Å². The lowest BCUT2D eigenvalue weighted by Crippen LogP contribution is -2.05. The van der Waals surface area contributed by atoms with E-state index in [0.29, 0.717) is 0 Å². The Kier molecular flexibility index (Phi) is 5.43. The van der Waals surface area contributed by atoms with E-state index >= 15 is 0 Å². The molecular weight excluding hydrogens is 575 g/mol. The summed E-state index contributed by atoms with van der Waals surface area (Å²) in [4.78, 5) is 0. The maximum Gasteiger partial charge on any atom is 0.141 e. The van der Waals surface area contributed by atoms with Gasteiger partial charge in [-0.25, -0.2) is 0 Å². The fraction of sp³-hybridized carbons (Fsp3) is 0. The molecule has 0 amide bonds. The van der Waals surface area contributed by atoms with Crippen LogP contribution in [0.1, 0.15) is 0 Å². The van der Waals surface area contributed by atoms with Gasteiger partial charge in [-0.05, 0) is 65.7 Å². The molecule has 10 rings (SSSR count). The Balaban J connectivity index is 1.23. The highest BCUT2D eigenvalue weighted by Crippen LogP contribution is 2.39. The molecule has 0 aliphatic carbocycles. The van der Waals surface area contributed by atoms with Gasteiger partial charge in [-0.2, -0.15) is 0 Å². The number of para-hydroxylation sites is 3. The second-order valence-corrected chi connectivity index (χ2v) is 13.3. The molecule has 10 aromatic rings. The first-order valence-electron chi connectivity index (χ1n) is 15.8. The van der Waals surface area contributed by atoms with Crippen molar-refractivity contribution in [3.63, 3.8) is 0 Å². The number of fused-ring (bicyclic) bond motifs is 9. The summed E-state index contributed by atoms with van der Waals surface area (Å²) in [6.45, 7) is 0. The molecule has 0 radical (unpaired) electrons. The predicted octanol–water partition coefficient (Wildman–Crippen LogP) is 10.2. The third-order valence-electron chi connectivity index (χ3n) is 9.60.